The minimum absolute atomic E-state index is 0.144. The van der Waals surface area contributed by atoms with E-state index in [2.05, 4.69) is 15.4 Å². The molecule has 0 heterocycles. The number of alkyl carbamates (subject to hydrolysis) is 1. The number of ether oxygens (including phenoxy) is 2. The summed E-state index contributed by atoms with van der Waals surface area (Å²) in [6, 6.07) is 5.56. The number of thioether (sulfide) groups is 1. The van der Waals surface area contributed by atoms with Crippen molar-refractivity contribution in [1.82, 2.24) is 15.5 Å². The second kappa shape index (κ2) is 13.5. The van der Waals surface area contributed by atoms with Gasteiger partial charge in [0.2, 0.25) is 11.8 Å². The van der Waals surface area contributed by atoms with Gasteiger partial charge in [-0.3, -0.25) is 14.4 Å². The van der Waals surface area contributed by atoms with Gasteiger partial charge in [-0.15, -0.1) is 0 Å². The number of aryl methyl sites for hydroxylation is 1. The molecule has 2 unspecified atom stereocenters. The van der Waals surface area contributed by atoms with Crippen molar-refractivity contribution in [2.24, 2.45) is 0 Å². The van der Waals surface area contributed by atoms with Crippen LogP contribution in [0.4, 0.5) is 4.79 Å². The molecule has 0 radical (unpaired) electrons. The van der Waals surface area contributed by atoms with Crippen LogP contribution in [0.5, 0.6) is 0 Å². The van der Waals surface area contributed by atoms with Gasteiger partial charge in [-0.2, -0.15) is 11.8 Å². The fraction of sp³-hybridized carbons (Fsp3) is 0.615. The van der Waals surface area contributed by atoms with Crippen molar-refractivity contribution >= 4 is 35.6 Å². The predicted octanol–water partition coefficient (Wildman–Crippen LogP) is 3.22. The van der Waals surface area contributed by atoms with Crippen LogP contribution in [0.25, 0.3) is 0 Å². The van der Waals surface area contributed by atoms with E-state index in [9.17, 15) is 19.2 Å². The predicted molar refractivity (Wildman–Crippen MR) is 140 cm³/mol. The summed E-state index contributed by atoms with van der Waals surface area (Å²) in [6.07, 6.45) is 3.96. The van der Waals surface area contributed by atoms with Crippen LogP contribution in [0, 0.1) is 0 Å². The molecule has 10 heteroatoms. The molecule has 200 valence electrons. The van der Waals surface area contributed by atoms with Crippen molar-refractivity contribution in [3.05, 3.63) is 35.4 Å². The summed E-state index contributed by atoms with van der Waals surface area (Å²) in [7, 11) is 1.24. The second-order valence-electron chi connectivity index (χ2n) is 9.75. The molecule has 36 heavy (non-hydrogen) atoms. The smallest absolute Gasteiger partial charge is 0.408 e. The Hall–Kier alpha value is -2.75. The summed E-state index contributed by atoms with van der Waals surface area (Å²) in [6.45, 7) is 6.99. The number of hydrogen-bond acceptors (Lipinski definition) is 7. The zero-order valence-corrected chi connectivity index (χ0v) is 22.9. The summed E-state index contributed by atoms with van der Waals surface area (Å²) in [5, 5.41) is 5.33. The van der Waals surface area contributed by atoms with Gasteiger partial charge in [-0.05, 0) is 69.6 Å². The van der Waals surface area contributed by atoms with E-state index in [1.807, 2.05) is 37.4 Å². The summed E-state index contributed by atoms with van der Waals surface area (Å²) in [5.74, 6) is -0.784. The van der Waals surface area contributed by atoms with E-state index in [-0.39, 0.29) is 18.5 Å². The maximum atomic E-state index is 13.9. The van der Waals surface area contributed by atoms with E-state index in [0.29, 0.717) is 17.7 Å². The monoisotopic (exact) mass is 521 g/mol. The SMILES string of the molecule is CCc1ccc(C(C(=O)NCC(=O)OC)N(C(=O)C(CCSC)NC(=O)OC(C)(C)C)C2CC2)cc1. The largest absolute Gasteiger partial charge is 0.468 e. The van der Waals surface area contributed by atoms with Crippen molar-refractivity contribution in [3.63, 3.8) is 0 Å². The average molecular weight is 522 g/mol. The lowest BCUT2D eigenvalue weighted by Gasteiger charge is -2.34. The molecule has 1 fully saturated rings. The normalized spacial score (nSPS) is 14.8. The maximum Gasteiger partial charge on any atom is 0.408 e. The lowest BCUT2D eigenvalue weighted by Crippen LogP contribution is -2.54. The topological polar surface area (TPSA) is 114 Å². The quantitative estimate of drug-likeness (QED) is 0.406. The van der Waals surface area contributed by atoms with Gasteiger partial charge < -0.3 is 25.0 Å². The highest BCUT2D eigenvalue weighted by molar-refractivity contribution is 7.98. The minimum atomic E-state index is -0.960. The minimum Gasteiger partial charge on any atom is -0.468 e. The molecular weight excluding hydrogens is 482 g/mol. The van der Waals surface area contributed by atoms with Gasteiger partial charge in [-0.1, -0.05) is 31.2 Å². The molecule has 0 spiro atoms. The van der Waals surface area contributed by atoms with Gasteiger partial charge >= 0.3 is 12.1 Å². The van der Waals surface area contributed by atoms with Crippen LogP contribution in [0.15, 0.2) is 24.3 Å². The lowest BCUT2D eigenvalue weighted by molar-refractivity contribution is -0.145. The molecule has 0 aliphatic heterocycles. The third-order valence-electron chi connectivity index (χ3n) is 5.66. The van der Waals surface area contributed by atoms with Crippen LogP contribution in [0.1, 0.15) is 64.1 Å². The first-order chi connectivity index (χ1) is 17.0. The average Bonchev–Trinajstić information content (AvgIpc) is 3.67. The molecule has 1 aromatic carbocycles. The Labute approximate surface area is 218 Å². The van der Waals surface area contributed by atoms with Gasteiger partial charge in [0.25, 0.3) is 0 Å². The lowest BCUT2D eigenvalue weighted by atomic mass is 10.00. The molecule has 1 aliphatic carbocycles. The second-order valence-corrected chi connectivity index (χ2v) is 10.7. The summed E-state index contributed by atoms with van der Waals surface area (Å²) >= 11 is 1.56. The zero-order valence-electron chi connectivity index (χ0n) is 22.1. The van der Waals surface area contributed by atoms with E-state index < -0.39 is 35.7 Å². The van der Waals surface area contributed by atoms with Gasteiger partial charge in [0.05, 0.1) is 7.11 Å². The number of nitrogens with zero attached hydrogens (tertiary/aromatic N) is 1. The standard InChI is InChI=1S/C26H39N3O6S/c1-7-17-8-10-18(11-9-17)22(23(31)27-16-21(30)34-5)29(19-12-13-19)24(32)20(14-15-36-6)28-25(33)35-26(2,3)4/h8-11,19-20,22H,7,12-16H2,1-6H3,(H,27,31)(H,28,33). The van der Waals surface area contributed by atoms with Gasteiger partial charge in [-0.25, -0.2) is 4.79 Å². The number of benzene rings is 1. The van der Waals surface area contributed by atoms with Crippen molar-refractivity contribution in [1.29, 1.82) is 0 Å². The van der Waals surface area contributed by atoms with Gasteiger partial charge in [0.1, 0.15) is 24.2 Å². The first-order valence-electron chi connectivity index (χ1n) is 12.2. The first-order valence-corrected chi connectivity index (χ1v) is 13.6. The Kier molecular flexibility index (Phi) is 11.1. The maximum absolute atomic E-state index is 13.9. The number of nitrogens with one attached hydrogen (secondary N) is 2. The Morgan fingerprint density at radius 3 is 2.28 bits per heavy atom. The molecule has 9 nitrogen and oxygen atoms in total. The van der Waals surface area contributed by atoms with E-state index in [0.717, 1.165) is 24.8 Å². The molecule has 0 aromatic heterocycles. The van der Waals surface area contributed by atoms with Crippen LogP contribution in [-0.4, -0.2) is 72.1 Å². The van der Waals surface area contributed by atoms with E-state index in [4.69, 9.17) is 4.74 Å². The molecule has 1 aliphatic rings. The number of hydrogen-bond donors (Lipinski definition) is 2. The van der Waals surface area contributed by atoms with Gasteiger partial charge in [0.15, 0.2) is 0 Å². The fourth-order valence-corrected chi connectivity index (χ4v) is 4.17. The number of carbonyl (C=O) groups excluding carboxylic acids is 4. The van der Waals surface area contributed by atoms with Crippen molar-refractivity contribution < 1.29 is 28.7 Å². The molecule has 2 rings (SSSR count). The Morgan fingerprint density at radius 1 is 1.14 bits per heavy atom. The third-order valence-corrected chi connectivity index (χ3v) is 6.30. The van der Waals surface area contributed by atoms with E-state index in [1.54, 1.807) is 37.4 Å². The number of methoxy groups -OCH3 is 1. The molecule has 3 amide bonds. The highest BCUT2D eigenvalue weighted by Gasteiger charge is 2.44. The zero-order chi connectivity index (χ0) is 26.9. The van der Waals surface area contributed by atoms with Crippen LogP contribution < -0.4 is 10.6 Å². The van der Waals surface area contributed by atoms with Crippen LogP contribution >= 0.6 is 11.8 Å². The Morgan fingerprint density at radius 2 is 1.78 bits per heavy atom. The number of carbonyl (C=O) groups is 4. The number of esters is 1. The molecule has 1 aromatic rings. The summed E-state index contributed by atoms with van der Waals surface area (Å²) < 4.78 is 10.0. The fourth-order valence-electron chi connectivity index (χ4n) is 3.70. The molecule has 0 bridgehead atoms. The molecule has 0 saturated heterocycles. The van der Waals surface area contributed by atoms with Crippen LogP contribution in [0.2, 0.25) is 0 Å². The van der Waals surface area contributed by atoms with Crippen molar-refractivity contribution in [3.8, 4) is 0 Å². The summed E-state index contributed by atoms with van der Waals surface area (Å²) in [4.78, 5) is 53.2. The van der Waals surface area contributed by atoms with E-state index >= 15 is 0 Å². The van der Waals surface area contributed by atoms with Crippen LogP contribution in [-0.2, 0) is 30.3 Å². The first kappa shape index (κ1) is 29.5. The van der Waals surface area contributed by atoms with Crippen molar-refractivity contribution in [2.45, 2.75) is 77.1 Å². The molecule has 2 N–H and O–H groups in total. The molecular formula is C26H39N3O6S. The Bertz CT molecular complexity index is 911. The summed E-state index contributed by atoms with van der Waals surface area (Å²) in [5.41, 5.74) is 1.02. The van der Waals surface area contributed by atoms with Crippen molar-refractivity contribution in [2.75, 3.05) is 25.7 Å². The third kappa shape index (κ3) is 9.04. The molecule has 1 saturated carbocycles. The highest BCUT2D eigenvalue weighted by Crippen LogP contribution is 2.36. The van der Waals surface area contributed by atoms with E-state index in [1.165, 1.54) is 7.11 Å². The highest BCUT2D eigenvalue weighted by atomic mass is 32.2. The van der Waals surface area contributed by atoms with Crippen LogP contribution in [0.3, 0.4) is 0 Å². The van der Waals surface area contributed by atoms with Gasteiger partial charge in [0, 0.05) is 6.04 Å². The Balaban J connectivity index is 2.41. The molecule has 2 atom stereocenters. The number of rotatable bonds is 12. The number of amides is 3.